The van der Waals surface area contributed by atoms with Gasteiger partial charge in [-0.3, -0.25) is 0 Å². The van der Waals surface area contributed by atoms with Crippen molar-refractivity contribution in [3.8, 4) is 0 Å². The smallest absolute Gasteiger partial charge is 0.180 e. The third-order valence-corrected chi connectivity index (χ3v) is 4.57. The summed E-state index contributed by atoms with van der Waals surface area (Å²) in [6, 6.07) is 5.07. The van der Waals surface area contributed by atoms with Crippen molar-refractivity contribution in [3.05, 3.63) is 18.2 Å². The van der Waals surface area contributed by atoms with Crippen LogP contribution in [0, 0.1) is 0 Å². The van der Waals surface area contributed by atoms with Crippen molar-refractivity contribution < 1.29 is 8.42 Å². The van der Waals surface area contributed by atoms with Crippen LogP contribution in [0.1, 0.15) is 27.7 Å². The number of hydrogen-bond acceptors (Lipinski definition) is 4. The highest BCUT2D eigenvalue weighted by Gasteiger charge is 2.19. The third-order valence-electron chi connectivity index (χ3n) is 2.42. The SMILES string of the molecule is CC(C)Nc1ccc(S(=O)(=O)C(C)C)cc1N. The molecule has 0 aromatic heterocycles. The molecule has 4 nitrogen and oxygen atoms in total. The summed E-state index contributed by atoms with van der Waals surface area (Å²) in [7, 11) is -3.25. The van der Waals surface area contributed by atoms with Gasteiger partial charge in [0.1, 0.15) is 0 Å². The van der Waals surface area contributed by atoms with Crippen LogP contribution in [-0.4, -0.2) is 19.7 Å². The first-order valence-electron chi connectivity index (χ1n) is 5.65. The predicted octanol–water partition coefficient (Wildman–Crippen LogP) is 2.27. The van der Waals surface area contributed by atoms with E-state index in [0.717, 1.165) is 5.69 Å². The van der Waals surface area contributed by atoms with E-state index in [-0.39, 0.29) is 10.9 Å². The Labute approximate surface area is 103 Å². The molecule has 0 radical (unpaired) electrons. The van der Waals surface area contributed by atoms with E-state index in [4.69, 9.17) is 5.73 Å². The standard InChI is InChI=1S/C12H20N2O2S/c1-8(2)14-12-6-5-10(7-11(12)13)17(15,16)9(3)4/h5-9,14H,13H2,1-4H3. The molecule has 0 saturated heterocycles. The number of nitrogens with one attached hydrogen (secondary N) is 1. The summed E-state index contributed by atoms with van der Waals surface area (Å²) in [6.07, 6.45) is 0. The summed E-state index contributed by atoms with van der Waals surface area (Å²) in [5.41, 5.74) is 7.06. The second-order valence-corrected chi connectivity index (χ2v) is 7.15. The Morgan fingerprint density at radius 1 is 1.18 bits per heavy atom. The van der Waals surface area contributed by atoms with Gasteiger partial charge in [0.25, 0.3) is 0 Å². The molecule has 0 aliphatic rings. The summed E-state index contributed by atoms with van der Waals surface area (Å²) in [5.74, 6) is 0. The van der Waals surface area contributed by atoms with Gasteiger partial charge in [0.2, 0.25) is 0 Å². The first kappa shape index (κ1) is 13.8. The maximum Gasteiger partial charge on any atom is 0.180 e. The summed E-state index contributed by atoms with van der Waals surface area (Å²) in [6.45, 7) is 7.31. The van der Waals surface area contributed by atoms with Crippen LogP contribution in [0.25, 0.3) is 0 Å². The Bertz CT molecular complexity index is 493. The molecule has 0 aliphatic carbocycles. The number of sulfone groups is 1. The summed E-state index contributed by atoms with van der Waals surface area (Å²) in [5, 5.41) is 2.72. The van der Waals surface area contributed by atoms with Crippen molar-refractivity contribution in [1.82, 2.24) is 0 Å². The van der Waals surface area contributed by atoms with Crippen molar-refractivity contribution >= 4 is 21.2 Å². The fraction of sp³-hybridized carbons (Fsp3) is 0.500. The Morgan fingerprint density at radius 3 is 2.18 bits per heavy atom. The van der Waals surface area contributed by atoms with Gasteiger partial charge in [0, 0.05) is 6.04 Å². The highest BCUT2D eigenvalue weighted by Crippen LogP contribution is 2.25. The number of anilines is 2. The first-order chi connectivity index (χ1) is 7.75. The molecule has 5 heteroatoms. The van der Waals surface area contributed by atoms with Crippen LogP contribution in [-0.2, 0) is 9.84 Å². The molecule has 0 aliphatic heterocycles. The van der Waals surface area contributed by atoms with Crippen LogP contribution in [0.3, 0.4) is 0 Å². The second kappa shape index (κ2) is 4.96. The molecule has 96 valence electrons. The highest BCUT2D eigenvalue weighted by atomic mass is 32.2. The normalized spacial score (nSPS) is 12.1. The van der Waals surface area contributed by atoms with Gasteiger partial charge in [0.05, 0.1) is 21.5 Å². The van der Waals surface area contributed by atoms with E-state index in [2.05, 4.69) is 5.32 Å². The molecule has 0 heterocycles. The van der Waals surface area contributed by atoms with E-state index in [1.165, 1.54) is 6.07 Å². The topological polar surface area (TPSA) is 72.2 Å². The number of nitrogens with two attached hydrogens (primary N) is 1. The van der Waals surface area contributed by atoms with Gasteiger partial charge in [0.15, 0.2) is 9.84 Å². The molecule has 1 aromatic carbocycles. The number of nitrogen functional groups attached to an aromatic ring is 1. The van der Waals surface area contributed by atoms with Crippen LogP contribution >= 0.6 is 0 Å². The maximum absolute atomic E-state index is 11.9. The molecule has 0 atom stereocenters. The van der Waals surface area contributed by atoms with Crippen molar-refractivity contribution in [2.45, 2.75) is 43.9 Å². The average molecular weight is 256 g/mol. The number of hydrogen-bond donors (Lipinski definition) is 2. The zero-order chi connectivity index (χ0) is 13.2. The largest absolute Gasteiger partial charge is 0.397 e. The third kappa shape index (κ3) is 3.12. The Kier molecular flexibility index (Phi) is 4.03. The van der Waals surface area contributed by atoms with Crippen molar-refractivity contribution in [3.63, 3.8) is 0 Å². The second-order valence-electron chi connectivity index (χ2n) is 4.64. The van der Waals surface area contributed by atoms with Crippen molar-refractivity contribution in [2.75, 3.05) is 11.1 Å². The zero-order valence-electron chi connectivity index (χ0n) is 10.7. The quantitative estimate of drug-likeness (QED) is 0.811. The van der Waals surface area contributed by atoms with Gasteiger partial charge in [-0.15, -0.1) is 0 Å². The molecule has 1 rings (SSSR count). The lowest BCUT2D eigenvalue weighted by Gasteiger charge is -2.14. The minimum Gasteiger partial charge on any atom is -0.397 e. The van der Waals surface area contributed by atoms with Crippen LogP contribution in [0.5, 0.6) is 0 Å². The van der Waals surface area contributed by atoms with Gasteiger partial charge in [-0.1, -0.05) is 0 Å². The fourth-order valence-electron chi connectivity index (χ4n) is 1.43. The zero-order valence-corrected chi connectivity index (χ0v) is 11.5. The van der Waals surface area contributed by atoms with E-state index in [1.54, 1.807) is 26.0 Å². The number of benzene rings is 1. The minimum atomic E-state index is -3.25. The van der Waals surface area contributed by atoms with Crippen molar-refractivity contribution in [2.24, 2.45) is 0 Å². The van der Waals surface area contributed by atoms with Gasteiger partial charge in [-0.2, -0.15) is 0 Å². The Morgan fingerprint density at radius 2 is 1.76 bits per heavy atom. The lowest BCUT2D eigenvalue weighted by molar-refractivity contribution is 0.587. The minimum absolute atomic E-state index is 0.254. The summed E-state index contributed by atoms with van der Waals surface area (Å²) in [4.78, 5) is 0.277. The lowest BCUT2D eigenvalue weighted by Crippen LogP contribution is -2.15. The predicted molar refractivity (Wildman–Crippen MR) is 71.9 cm³/mol. The number of rotatable bonds is 4. The van der Waals surface area contributed by atoms with Crippen LogP contribution in [0.4, 0.5) is 11.4 Å². The fourth-order valence-corrected chi connectivity index (χ4v) is 2.53. The molecule has 0 amide bonds. The molecule has 0 spiro atoms. The summed E-state index contributed by atoms with van der Waals surface area (Å²) < 4.78 is 23.9. The van der Waals surface area contributed by atoms with E-state index >= 15 is 0 Å². The van der Waals surface area contributed by atoms with E-state index in [1.807, 2.05) is 13.8 Å². The van der Waals surface area contributed by atoms with Crippen LogP contribution < -0.4 is 11.1 Å². The molecule has 3 N–H and O–H groups in total. The molecule has 0 unspecified atom stereocenters. The Balaban J connectivity index is 3.13. The summed E-state index contributed by atoms with van der Waals surface area (Å²) >= 11 is 0. The molecule has 0 bridgehead atoms. The molecular weight excluding hydrogens is 236 g/mol. The van der Waals surface area contributed by atoms with Gasteiger partial charge < -0.3 is 11.1 Å². The van der Waals surface area contributed by atoms with E-state index in [9.17, 15) is 8.42 Å². The van der Waals surface area contributed by atoms with Gasteiger partial charge >= 0.3 is 0 Å². The van der Waals surface area contributed by atoms with Crippen LogP contribution in [0.15, 0.2) is 23.1 Å². The van der Waals surface area contributed by atoms with Gasteiger partial charge in [-0.05, 0) is 45.9 Å². The maximum atomic E-state index is 11.9. The monoisotopic (exact) mass is 256 g/mol. The molecule has 17 heavy (non-hydrogen) atoms. The lowest BCUT2D eigenvalue weighted by atomic mass is 10.2. The average Bonchev–Trinajstić information content (AvgIpc) is 2.20. The highest BCUT2D eigenvalue weighted by molar-refractivity contribution is 7.92. The van der Waals surface area contributed by atoms with E-state index < -0.39 is 15.1 Å². The first-order valence-corrected chi connectivity index (χ1v) is 7.19. The van der Waals surface area contributed by atoms with Crippen molar-refractivity contribution in [1.29, 1.82) is 0 Å². The molecular formula is C12H20N2O2S. The Hall–Kier alpha value is -1.23. The van der Waals surface area contributed by atoms with Gasteiger partial charge in [-0.25, -0.2) is 8.42 Å². The van der Waals surface area contributed by atoms with E-state index in [0.29, 0.717) is 5.69 Å². The van der Waals surface area contributed by atoms with Crippen LogP contribution in [0.2, 0.25) is 0 Å². The molecule has 0 fully saturated rings. The molecule has 1 aromatic rings. The molecule has 0 saturated carbocycles.